The normalized spacial score (nSPS) is 11.7. The fourth-order valence-corrected chi connectivity index (χ4v) is 1.87. The summed E-state index contributed by atoms with van der Waals surface area (Å²) in [5.41, 5.74) is 6.76. The molecule has 0 heterocycles. The minimum absolute atomic E-state index is 0.126. The van der Waals surface area contributed by atoms with Gasteiger partial charge in [-0.05, 0) is 24.6 Å². The number of benzene rings is 1. The average molecular weight is 267 g/mol. The standard InChI is InChI=1S/C12H17N3O2S/c1-2-17-11(16)10(7-18)8-3-5-9(6-4-8)15-12(13)14/h3-6,10,18H,2,7H2,1H3,(H4,13,14,15). The molecular formula is C12H17N3O2S. The third kappa shape index (κ3) is 3.96. The molecule has 0 aliphatic rings. The predicted octanol–water partition coefficient (Wildman–Crippen LogP) is 1.57. The molecule has 0 aromatic heterocycles. The van der Waals surface area contributed by atoms with E-state index in [1.165, 1.54) is 0 Å². The molecule has 18 heavy (non-hydrogen) atoms. The second-order valence-electron chi connectivity index (χ2n) is 3.65. The third-order valence-electron chi connectivity index (χ3n) is 2.35. The highest BCUT2D eigenvalue weighted by Gasteiger charge is 2.20. The molecule has 4 N–H and O–H groups in total. The lowest BCUT2D eigenvalue weighted by atomic mass is 10.0. The molecular weight excluding hydrogens is 250 g/mol. The molecule has 98 valence electrons. The van der Waals surface area contributed by atoms with Gasteiger partial charge in [0, 0.05) is 11.4 Å². The second kappa shape index (κ2) is 6.90. The van der Waals surface area contributed by atoms with Crippen LogP contribution in [-0.2, 0) is 9.53 Å². The lowest BCUT2D eigenvalue weighted by molar-refractivity contribution is -0.144. The minimum atomic E-state index is -0.375. The van der Waals surface area contributed by atoms with Crippen molar-refractivity contribution >= 4 is 30.2 Å². The topological polar surface area (TPSA) is 88.2 Å². The highest BCUT2D eigenvalue weighted by atomic mass is 32.1. The lowest BCUT2D eigenvalue weighted by Crippen LogP contribution is -2.20. The van der Waals surface area contributed by atoms with Crippen molar-refractivity contribution in [1.82, 2.24) is 0 Å². The fourth-order valence-electron chi connectivity index (χ4n) is 1.51. The fraction of sp³-hybridized carbons (Fsp3) is 0.333. The summed E-state index contributed by atoms with van der Waals surface area (Å²) in [5, 5.41) is 9.78. The van der Waals surface area contributed by atoms with E-state index in [2.05, 4.69) is 17.9 Å². The van der Waals surface area contributed by atoms with Gasteiger partial charge in [-0.2, -0.15) is 12.6 Å². The third-order valence-corrected chi connectivity index (χ3v) is 2.71. The number of guanidine groups is 1. The van der Waals surface area contributed by atoms with E-state index in [0.717, 1.165) is 5.56 Å². The maximum atomic E-state index is 11.7. The maximum absolute atomic E-state index is 11.7. The Balaban J connectivity index is 2.81. The van der Waals surface area contributed by atoms with Crippen LogP contribution in [0.15, 0.2) is 24.3 Å². The van der Waals surface area contributed by atoms with Gasteiger partial charge in [-0.3, -0.25) is 10.2 Å². The quantitative estimate of drug-likeness (QED) is 0.282. The molecule has 6 heteroatoms. The van der Waals surface area contributed by atoms with Crippen LogP contribution in [0.4, 0.5) is 5.69 Å². The zero-order valence-electron chi connectivity index (χ0n) is 10.1. The summed E-state index contributed by atoms with van der Waals surface area (Å²) in [6.45, 7) is 2.13. The van der Waals surface area contributed by atoms with Gasteiger partial charge < -0.3 is 15.8 Å². The summed E-state index contributed by atoms with van der Waals surface area (Å²) in [5.74, 6) is -0.392. The Morgan fingerprint density at radius 2 is 2.11 bits per heavy atom. The van der Waals surface area contributed by atoms with E-state index in [4.69, 9.17) is 15.9 Å². The molecule has 0 saturated heterocycles. The minimum Gasteiger partial charge on any atom is -0.465 e. The van der Waals surface area contributed by atoms with Gasteiger partial charge in [0.25, 0.3) is 0 Å². The van der Waals surface area contributed by atoms with E-state index in [0.29, 0.717) is 18.0 Å². The number of hydrogen-bond donors (Lipinski definition) is 4. The van der Waals surface area contributed by atoms with Gasteiger partial charge in [-0.15, -0.1) is 0 Å². The van der Waals surface area contributed by atoms with Crippen molar-refractivity contribution in [3.63, 3.8) is 0 Å². The van der Waals surface area contributed by atoms with Gasteiger partial charge in [0.2, 0.25) is 0 Å². The zero-order valence-corrected chi connectivity index (χ0v) is 11.0. The number of esters is 1. The number of thiol groups is 1. The van der Waals surface area contributed by atoms with Crippen LogP contribution in [0.25, 0.3) is 0 Å². The SMILES string of the molecule is CCOC(=O)C(CS)c1ccc(NC(=N)N)cc1. The highest BCUT2D eigenvalue weighted by Crippen LogP contribution is 2.21. The number of carbonyl (C=O) groups excluding carboxylic acids is 1. The second-order valence-corrected chi connectivity index (χ2v) is 4.01. The van der Waals surface area contributed by atoms with Crippen molar-refractivity contribution in [3.05, 3.63) is 29.8 Å². The number of nitrogens with two attached hydrogens (primary N) is 1. The van der Waals surface area contributed by atoms with Crippen molar-refractivity contribution in [2.45, 2.75) is 12.8 Å². The number of anilines is 1. The molecule has 0 spiro atoms. The molecule has 0 fully saturated rings. The Hall–Kier alpha value is -1.69. The summed E-state index contributed by atoms with van der Waals surface area (Å²) in [6, 6.07) is 7.10. The van der Waals surface area contributed by atoms with Crippen LogP contribution < -0.4 is 11.1 Å². The van der Waals surface area contributed by atoms with Gasteiger partial charge in [0.1, 0.15) is 0 Å². The molecule has 1 atom stereocenters. The molecule has 1 aromatic rings. The first kappa shape index (κ1) is 14.4. The van der Waals surface area contributed by atoms with Gasteiger partial charge in [-0.25, -0.2) is 0 Å². The molecule has 1 aromatic carbocycles. The Kier molecular flexibility index (Phi) is 5.51. The van der Waals surface area contributed by atoms with E-state index < -0.39 is 0 Å². The van der Waals surface area contributed by atoms with E-state index >= 15 is 0 Å². The van der Waals surface area contributed by atoms with Crippen LogP contribution in [0, 0.1) is 5.41 Å². The Labute approximate surface area is 112 Å². The first-order valence-corrected chi connectivity index (χ1v) is 6.20. The summed E-state index contributed by atoms with van der Waals surface area (Å²) in [7, 11) is 0. The van der Waals surface area contributed by atoms with Crippen LogP contribution in [-0.4, -0.2) is 24.3 Å². The summed E-state index contributed by atoms with van der Waals surface area (Å²) in [6.07, 6.45) is 0. The molecule has 0 saturated carbocycles. The van der Waals surface area contributed by atoms with Gasteiger partial charge in [0.05, 0.1) is 12.5 Å². The van der Waals surface area contributed by atoms with Crippen LogP contribution in [0.1, 0.15) is 18.4 Å². The van der Waals surface area contributed by atoms with Gasteiger partial charge in [-0.1, -0.05) is 12.1 Å². The van der Waals surface area contributed by atoms with Crippen molar-refractivity contribution in [1.29, 1.82) is 5.41 Å². The number of ether oxygens (including phenoxy) is 1. The number of rotatable bonds is 5. The molecule has 1 rings (SSSR count). The predicted molar refractivity (Wildman–Crippen MR) is 75.2 cm³/mol. The first-order chi connectivity index (χ1) is 8.58. The Bertz CT molecular complexity index is 420. The van der Waals surface area contributed by atoms with Crippen LogP contribution in [0.2, 0.25) is 0 Å². The molecule has 0 aliphatic carbocycles. The van der Waals surface area contributed by atoms with Crippen molar-refractivity contribution in [2.24, 2.45) is 5.73 Å². The largest absolute Gasteiger partial charge is 0.465 e. The zero-order chi connectivity index (χ0) is 13.5. The average Bonchev–Trinajstić information content (AvgIpc) is 2.32. The van der Waals surface area contributed by atoms with Crippen molar-refractivity contribution in [3.8, 4) is 0 Å². The van der Waals surface area contributed by atoms with Crippen LogP contribution in [0.5, 0.6) is 0 Å². The summed E-state index contributed by atoms with van der Waals surface area (Å²) < 4.78 is 4.99. The molecule has 0 bridgehead atoms. The molecule has 0 aliphatic heterocycles. The smallest absolute Gasteiger partial charge is 0.314 e. The van der Waals surface area contributed by atoms with Gasteiger partial charge >= 0.3 is 5.97 Å². The van der Waals surface area contributed by atoms with E-state index in [-0.39, 0.29) is 17.8 Å². The highest BCUT2D eigenvalue weighted by molar-refractivity contribution is 7.80. The van der Waals surface area contributed by atoms with Gasteiger partial charge in [0.15, 0.2) is 5.96 Å². The number of nitrogens with one attached hydrogen (secondary N) is 2. The van der Waals surface area contributed by atoms with E-state index in [9.17, 15) is 4.79 Å². The Morgan fingerprint density at radius 3 is 2.56 bits per heavy atom. The van der Waals surface area contributed by atoms with Crippen LogP contribution in [0.3, 0.4) is 0 Å². The molecule has 5 nitrogen and oxygen atoms in total. The van der Waals surface area contributed by atoms with Crippen molar-refractivity contribution in [2.75, 3.05) is 17.7 Å². The maximum Gasteiger partial charge on any atom is 0.314 e. The lowest BCUT2D eigenvalue weighted by Gasteiger charge is -2.14. The molecule has 1 unspecified atom stereocenters. The Morgan fingerprint density at radius 1 is 1.50 bits per heavy atom. The first-order valence-electron chi connectivity index (χ1n) is 5.57. The van der Waals surface area contributed by atoms with Crippen molar-refractivity contribution < 1.29 is 9.53 Å². The van der Waals surface area contributed by atoms with E-state index in [1.807, 2.05) is 0 Å². The monoisotopic (exact) mass is 267 g/mol. The van der Waals surface area contributed by atoms with E-state index in [1.54, 1.807) is 31.2 Å². The number of carbonyl (C=O) groups is 1. The summed E-state index contributed by atoms with van der Waals surface area (Å²) >= 11 is 4.17. The molecule has 0 radical (unpaired) electrons. The van der Waals surface area contributed by atoms with Crippen LogP contribution >= 0.6 is 12.6 Å². The summed E-state index contributed by atoms with van der Waals surface area (Å²) in [4.78, 5) is 11.7. The molecule has 0 amide bonds. The number of hydrogen-bond acceptors (Lipinski definition) is 4.